The van der Waals surface area contributed by atoms with Gasteiger partial charge in [0.2, 0.25) is 0 Å². The van der Waals surface area contributed by atoms with Gasteiger partial charge in [-0.15, -0.1) is 0 Å². The minimum Gasteiger partial charge on any atom is -0.335 e. The second kappa shape index (κ2) is 3.65. The first-order valence-electron chi connectivity index (χ1n) is 2.48. The molecular weight excluding hydrogens is 222 g/mol. The molecule has 1 aliphatic heterocycles. The van der Waals surface area contributed by atoms with E-state index < -0.39 is 22.3 Å². The van der Waals surface area contributed by atoms with E-state index in [4.69, 9.17) is 55.9 Å². The second-order valence-corrected chi connectivity index (χ2v) is 3.40. The Labute approximate surface area is 78.3 Å². The van der Waals surface area contributed by atoms with Gasteiger partial charge in [-0.1, -0.05) is 46.4 Å². The van der Waals surface area contributed by atoms with E-state index in [1.807, 2.05) is 0 Å². The second-order valence-electron chi connectivity index (χ2n) is 1.68. The molecule has 0 bridgehead atoms. The van der Waals surface area contributed by atoms with Gasteiger partial charge in [0.05, 0.1) is 0 Å². The average Bonchev–Trinajstić information content (AvgIpc) is 1.84. The van der Waals surface area contributed by atoms with Crippen LogP contribution in [-0.4, -0.2) is 22.3 Å². The number of halogens is 4. The fourth-order valence-electron chi connectivity index (χ4n) is 0.495. The maximum absolute atomic E-state index is 5.51. The summed E-state index contributed by atoms with van der Waals surface area (Å²) in [6.45, 7) is 0. The van der Waals surface area contributed by atoms with Crippen molar-refractivity contribution in [2.75, 3.05) is 0 Å². The van der Waals surface area contributed by atoms with Crippen LogP contribution < -0.4 is 0 Å². The summed E-state index contributed by atoms with van der Waals surface area (Å²) in [5, 5.41) is 0. The van der Waals surface area contributed by atoms with Crippen LogP contribution in [0.4, 0.5) is 0 Å². The van der Waals surface area contributed by atoms with Crippen molar-refractivity contribution in [2.45, 2.75) is 22.3 Å². The molecule has 2 nitrogen and oxygen atoms in total. The van der Waals surface area contributed by atoms with E-state index in [-0.39, 0.29) is 0 Å². The monoisotopic (exact) mass is 224 g/mol. The summed E-state index contributed by atoms with van der Waals surface area (Å²) in [6, 6.07) is 0. The van der Waals surface area contributed by atoms with Crippen LogP contribution in [0.25, 0.3) is 0 Å². The van der Waals surface area contributed by atoms with Crippen LogP contribution in [0.5, 0.6) is 0 Å². The SMILES string of the molecule is Cl[C@@H]1O[C@@H](Cl)[C@@H](Cl)O[C@H]1Cl. The topological polar surface area (TPSA) is 18.5 Å². The molecule has 1 aliphatic rings. The zero-order valence-electron chi connectivity index (χ0n) is 4.64. The Balaban J connectivity index is 2.46. The molecule has 0 aromatic rings. The quantitative estimate of drug-likeness (QED) is 0.590. The highest BCUT2D eigenvalue weighted by molar-refractivity contribution is 6.31. The van der Waals surface area contributed by atoms with Crippen LogP contribution >= 0.6 is 46.4 Å². The summed E-state index contributed by atoms with van der Waals surface area (Å²) in [6.07, 6.45) is 0. The van der Waals surface area contributed by atoms with Crippen LogP contribution in [0.1, 0.15) is 0 Å². The molecule has 0 amide bonds. The molecule has 1 heterocycles. The summed E-state index contributed by atoms with van der Waals surface area (Å²) in [5.74, 6) is 0. The third kappa shape index (κ3) is 2.03. The van der Waals surface area contributed by atoms with Crippen LogP contribution in [0.2, 0.25) is 0 Å². The Hall–Kier alpha value is 1.08. The average molecular weight is 226 g/mol. The summed E-state index contributed by atoms with van der Waals surface area (Å²) in [4.78, 5) is 0. The molecule has 0 aromatic carbocycles. The van der Waals surface area contributed by atoms with Crippen molar-refractivity contribution in [3.05, 3.63) is 0 Å². The van der Waals surface area contributed by atoms with E-state index in [2.05, 4.69) is 0 Å². The summed E-state index contributed by atoms with van der Waals surface area (Å²) < 4.78 is 9.71. The predicted molar refractivity (Wildman–Crippen MR) is 40.7 cm³/mol. The van der Waals surface area contributed by atoms with E-state index in [1.54, 1.807) is 0 Å². The molecule has 1 saturated heterocycles. The molecule has 6 heteroatoms. The minimum atomic E-state index is -0.737. The number of alkyl halides is 4. The van der Waals surface area contributed by atoms with Gasteiger partial charge in [-0.3, -0.25) is 0 Å². The molecule has 60 valence electrons. The van der Waals surface area contributed by atoms with Gasteiger partial charge < -0.3 is 9.47 Å². The fourth-order valence-corrected chi connectivity index (χ4v) is 1.28. The first-order chi connectivity index (χ1) is 4.61. The van der Waals surface area contributed by atoms with Crippen LogP contribution in [-0.2, 0) is 9.47 Å². The van der Waals surface area contributed by atoms with Crippen molar-refractivity contribution in [1.82, 2.24) is 0 Å². The molecule has 0 spiro atoms. The Bertz CT molecular complexity index is 95.8. The third-order valence-electron chi connectivity index (χ3n) is 0.932. The van der Waals surface area contributed by atoms with Gasteiger partial charge in [0, 0.05) is 0 Å². The van der Waals surface area contributed by atoms with Crippen molar-refractivity contribution < 1.29 is 9.47 Å². The first-order valence-corrected chi connectivity index (χ1v) is 4.23. The van der Waals surface area contributed by atoms with Crippen molar-refractivity contribution in [2.24, 2.45) is 0 Å². The molecule has 0 N–H and O–H groups in total. The molecule has 1 fully saturated rings. The van der Waals surface area contributed by atoms with Crippen molar-refractivity contribution >= 4 is 46.4 Å². The van der Waals surface area contributed by atoms with Crippen molar-refractivity contribution in [1.29, 1.82) is 0 Å². The molecule has 0 aromatic heterocycles. The van der Waals surface area contributed by atoms with Crippen molar-refractivity contribution in [3.8, 4) is 0 Å². The molecular formula is C4H4Cl4O2. The van der Waals surface area contributed by atoms with Crippen molar-refractivity contribution in [3.63, 3.8) is 0 Å². The predicted octanol–water partition coefficient (Wildman–Crippen LogP) is 2.29. The fraction of sp³-hybridized carbons (Fsp3) is 1.00. The van der Waals surface area contributed by atoms with E-state index in [0.29, 0.717) is 0 Å². The largest absolute Gasteiger partial charge is 0.335 e. The smallest absolute Gasteiger partial charge is 0.173 e. The van der Waals surface area contributed by atoms with Gasteiger partial charge >= 0.3 is 0 Å². The third-order valence-corrected chi connectivity index (χ3v) is 2.52. The number of ether oxygens (including phenoxy) is 2. The highest BCUT2D eigenvalue weighted by atomic mass is 35.5. The Morgan fingerprint density at radius 3 is 1.00 bits per heavy atom. The van der Waals surface area contributed by atoms with Gasteiger partial charge in [-0.2, -0.15) is 0 Å². The summed E-state index contributed by atoms with van der Waals surface area (Å²) >= 11 is 22.0. The van der Waals surface area contributed by atoms with E-state index >= 15 is 0 Å². The Kier molecular flexibility index (Phi) is 3.35. The zero-order chi connectivity index (χ0) is 7.72. The standard InChI is InChI=1S/C4H4Cl4O2/c5-1-2(6)10-4(8)3(7)9-1/h1-4H/t1-,2-,3-,4+/m1/s1. The number of rotatable bonds is 0. The maximum atomic E-state index is 5.51. The first kappa shape index (κ1) is 9.17. The van der Waals surface area contributed by atoms with Crippen LogP contribution in [0, 0.1) is 0 Å². The molecule has 0 saturated carbocycles. The van der Waals surface area contributed by atoms with E-state index in [1.165, 1.54) is 0 Å². The van der Waals surface area contributed by atoms with Gasteiger partial charge in [0.1, 0.15) is 0 Å². The van der Waals surface area contributed by atoms with Gasteiger partial charge in [0.25, 0.3) is 0 Å². The normalized spacial score (nSPS) is 49.2. The molecule has 1 rings (SSSR count). The van der Waals surface area contributed by atoms with Crippen LogP contribution in [0.15, 0.2) is 0 Å². The number of hydrogen-bond donors (Lipinski definition) is 0. The lowest BCUT2D eigenvalue weighted by Gasteiger charge is -2.30. The zero-order valence-corrected chi connectivity index (χ0v) is 7.66. The lowest BCUT2D eigenvalue weighted by atomic mass is 10.6. The van der Waals surface area contributed by atoms with Crippen LogP contribution in [0.3, 0.4) is 0 Å². The van der Waals surface area contributed by atoms with Gasteiger partial charge in [0.15, 0.2) is 22.3 Å². The van der Waals surface area contributed by atoms with E-state index in [9.17, 15) is 0 Å². The van der Waals surface area contributed by atoms with Gasteiger partial charge in [-0.05, 0) is 0 Å². The number of hydrogen-bond acceptors (Lipinski definition) is 2. The highest BCUT2D eigenvalue weighted by Crippen LogP contribution is 2.28. The van der Waals surface area contributed by atoms with Gasteiger partial charge in [-0.25, -0.2) is 0 Å². The minimum absolute atomic E-state index is 0.737. The van der Waals surface area contributed by atoms with E-state index in [0.717, 1.165) is 0 Å². The molecule has 4 atom stereocenters. The highest BCUT2D eigenvalue weighted by Gasteiger charge is 2.34. The molecule has 0 aliphatic carbocycles. The summed E-state index contributed by atoms with van der Waals surface area (Å²) in [5.41, 5.74) is -2.95. The summed E-state index contributed by atoms with van der Waals surface area (Å²) in [7, 11) is 0. The molecule has 10 heavy (non-hydrogen) atoms. The Morgan fingerprint density at radius 2 is 0.800 bits per heavy atom. The molecule has 0 radical (unpaired) electrons. The molecule has 0 unspecified atom stereocenters. The lowest BCUT2D eigenvalue weighted by Crippen LogP contribution is -2.39. The Morgan fingerprint density at radius 1 is 0.600 bits per heavy atom. The lowest BCUT2D eigenvalue weighted by molar-refractivity contribution is -0.109. The maximum Gasteiger partial charge on any atom is 0.173 e.